The number of nitrogens with zero attached hydrogens (tertiary/aromatic N) is 1. The average molecular weight is 140 g/mol. The van der Waals surface area contributed by atoms with Crippen LogP contribution in [-0.4, -0.2) is 25.3 Å². The molecule has 1 N–H and O–H groups in total. The lowest BCUT2D eigenvalue weighted by Gasteiger charge is -1.98. The Kier molecular flexibility index (Phi) is 3.44. The van der Waals surface area contributed by atoms with Crippen molar-refractivity contribution >= 4 is 5.71 Å². The second-order valence-electron chi connectivity index (χ2n) is 2.82. The van der Waals surface area contributed by atoms with Crippen LogP contribution in [0.2, 0.25) is 0 Å². The number of rotatable bonds is 0. The fourth-order valence-corrected chi connectivity index (χ4v) is 1.15. The topological polar surface area (TPSA) is 24.4 Å². The Balaban J connectivity index is 2.29. The summed E-state index contributed by atoms with van der Waals surface area (Å²) in [5.41, 5.74) is 1.32. The van der Waals surface area contributed by atoms with Gasteiger partial charge >= 0.3 is 0 Å². The second kappa shape index (κ2) is 4.45. The van der Waals surface area contributed by atoms with E-state index < -0.39 is 0 Å². The normalized spacial score (nSPS) is 27.5. The van der Waals surface area contributed by atoms with Crippen molar-refractivity contribution in [1.82, 2.24) is 5.32 Å². The summed E-state index contributed by atoms with van der Waals surface area (Å²) in [5.74, 6) is 0. The maximum absolute atomic E-state index is 4.42. The van der Waals surface area contributed by atoms with Crippen LogP contribution >= 0.6 is 0 Å². The van der Waals surface area contributed by atoms with Gasteiger partial charge in [0.1, 0.15) is 0 Å². The Morgan fingerprint density at radius 2 is 2.10 bits per heavy atom. The summed E-state index contributed by atoms with van der Waals surface area (Å²) in [5, 5.41) is 3.37. The quantitative estimate of drug-likeness (QED) is 0.537. The van der Waals surface area contributed by atoms with E-state index in [-0.39, 0.29) is 0 Å². The van der Waals surface area contributed by atoms with Gasteiger partial charge in [-0.2, -0.15) is 0 Å². The highest BCUT2D eigenvalue weighted by atomic mass is 14.9. The molecule has 1 aliphatic heterocycles. The van der Waals surface area contributed by atoms with E-state index in [9.17, 15) is 0 Å². The van der Waals surface area contributed by atoms with Crippen LogP contribution < -0.4 is 5.32 Å². The van der Waals surface area contributed by atoms with Crippen LogP contribution in [0.15, 0.2) is 4.99 Å². The Morgan fingerprint density at radius 3 is 3.00 bits per heavy atom. The van der Waals surface area contributed by atoms with E-state index in [1.807, 2.05) is 0 Å². The van der Waals surface area contributed by atoms with Crippen molar-refractivity contribution in [2.24, 2.45) is 4.99 Å². The molecule has 0 atom stereocenters. The van der Waals surface area contributed by atoms with E-state index in [1.54, 1.807) is 0 Å². The zero-order valence-corrected chi connectivity index (χ0v) is 6.69. The van der Waals surface area contributed by atoms with Crippen molar-refractivity contribution in [2.75, 3.05) is 19.6 Å². The van der Waals surface area contributed by atoms with Crippen LogP contribution in [0.3, 0.4) is 0 Å². The Morgan fingerprint density at radius 1 is 1.30 bits per heavy atom. The van der Waals surface area contributed by atoms with Crippen molar-refractivity contribution in [3.63, 3.8) is 0 Å². The van der Waals surface area contributed by atoms with Crippen molar-refractivity contribution in [3.8, 4) is 0 Å². The summed E-state index contributed by atoms with van der Waals surface area (Å²) in [4.78, 5) is 4.42. The van der Waals surface area contributed by atoms with Gasteiger partial charge in [-0.1, -0.05) is 0 Å². The Hall–Kier alpha value is -0.370. The molecule has 0 fully saturated rings. The first kappa shape index (κ1) is 7.73. The van der Waals surface area contributed by atoms with Gasteiger partial charge in [-0.05, 0) is 39.3 Å². The third-order valence-electron chi connectivity index (χ3n) is 1.79. The molecule has 1 heterocycles. The van der Waals surface area contributed by atoms with Gasteiger partial charge in [-0.25, -0.2) is 0 Å². The fourth-order valence-electron chi connectivity index (χ4n) is 1.15. The van der Waals surface area contributed by atoms with E-state index in [0.717, 1.165) is 19.6 Å². The molecular formula is C8H16N2. The second-order valence-corrected chi connectivity index (χ2v) is 2.82. The third-order valence-corrected chi connectivity index (χ3v) is 1.79. The summed E-state index contributed by atoms with van der Waals surface area (Å²) in [6, 6.07) is 0. The monoisotopic (exact) mass is 140 g/mol. The summed E-state index contributed by atoms with van der Waals surface area (Å²) < 4.78 is 0. The maximum Gasteiger partial charge on any atom is 0.0400 e. The molecule has 2 nitrogen and oxygen atoms in total. The standard InChI is InChI=1S/C8H16N2/c1-8-4-2-5-9-6-3-7-10-8/h9H,2-7H2,1H3/b10-8+. The van der Waals surface area contributed by atoms with Crippen LogP contribution in [0, 0.1) is 0 Å². The van der Waals surface area contributed by atoms with Gasteiger partial charge < -0.3 is 5.32 Å². The molecule has 0 aromatic heterocycles. The first-order chi connectivity index (χ1) is 4.89. The minimum absolute atomic E-state index is 1.01. The third kappa shape index (κ3) is 2.97. The summed E-state index contributed by atoms with van der Waals surface area (Å²) in [6.45, 7) is 5.44. The summed E-state index contributed by atoms with van der Waals surface area (Å²) >= 11 is 0. The van der Waals surface area contributed by atoms with Crippen LogP contribution in [0.4, 0.5) is 0 Å². The molecule has 58 valence electrons. The van der Waals surface area contributed by atoms with Crippen molar-refractivity contribution in [2.45, 2.75) is 26.2 Å². The average Bonchev–Trinajstić information content (AvgIpc) is 2.02. The maximum atomic E-state index is 4.42. The van der Waals surface area contributed by atoms with Crippen molar-refractivity contribution in [3.05, 3.63) is 0 Å². The molecule has 0 aromatic carbocycles. The van der Waals surface area contributed by atoms with Crippen LogP contribution in [0.25, 0.3) is 0 Å². The lowest BCUT2D eigenvalue weighted by molar-refractivity contribution is 0.646. The predicted molar refractivity (Wildman–Crippen MR) is 44.7 cm³/mol. The minimum Gasteiger partial charge on any atom is -0.317 e. The smallest absolute Gasteiger partial charge is 0.0400 e. The van der Waals surface area contributed by atoms with E-state index in [0.29, 0.717) is 0 Å². The highest BCUT2D eigenvalue weighted by Crippen LogP contribution is 1.95. The molecule has 0 bridgehead atoms. The summed E-state index contributed by atoms with van der Waals surface area (Å²) in [6.07, 6.45) is 3.61. The molecule has 0 saturated heterocycles. The van der Waals surface area contributed by atoms with E-state index >= 15 is 0 Å². The number of hydrogen-bond acceptors (Lipinski definition) is 2. The molecule has 1 rings (SSSR count). The number of hydrogen-bond donors (Lipinski definition) is 1. The zero-order valence-electron chi connectivity index (χ0n) is 6.69. The predicted octanol–water partition coefficient (Wildman–Crippen LogP) is 1.22. The SMILES string of the molecule is C/C1=N\CCCNCCC1. The molecule has 2 heteroatoms. The molecule has 10 heavy (non-hydrogen) atoms. The first-order valence-corrected chi connectivity index (χ1v) is 4.10. The van der Waals surface area contributed by atoms with Gasteiger partial charge in [-0.15, -0.1) is 0 Å². The van der Waals surface area contributed by atoms with Crippen molar-refractivity contribution < 1.29 is 0 Å². The summed E-state index contributed by atoms with van der Waals surface area (Å²) in [7, 11) is 0. The molecule has 0 aliphatic carbocycles. The van der Waals surface area contributed by atoms with Gasteiger partial charge in [0.25, 0.3) is 0 Å². The molecule has 1 aliphatic rings. The van der Waals surface area contributed by atoms with E-state index in [4.69, 9.17) is 0 Å². The van der Waals surface area contributed by atoms with Crippen LogP contribution in [-0.2, 0) is 0 Å². The minimum atomic E-state index is 1.01. The molecule has 0 aromatic rings. The molecule has 0 amide bonds. The number of aliphatic imine (C=N–C) groups is 1. The van der Waals surface area contributed by atoms with Gasteiger partial charge in [0.2, 0.25) is 0 Å². The molecule has 0 radical (unpaired) electrons. The lowest BCUT2D eigenvalue weighted by Crippen LogP contribution is -2.16. The van der Waals surface area contributed by atoms with Gasteiger partial charge in [0.15, 0.2) is 0 Å². The largest absolute Gasteiger partial charge is 0.317 e. The Bertz CT molecular complexity index is 118. The highest BCUT2D eigenvalue weighted by Gasteiger charge is 1.95. The van der Waals surface area contributed by atoms with Crippen LogP contribution in [0.5, 0.6) is 0 Å². The van der Waals surface area contributed by atoms with E-state index in [1.165, 1.54) is 25.0 Å². The molecular weight excluding hydrogens is 124 g/mol. The Labute approximate surface area is 62.7 Å². The van der Waals surface area contributed by atoms with Crippen molar-refractivity contribution in [1.29, 1.82) is 0 Å². The highest BCUT2D eigenvalue weighted by molar-refractivity contribution is 5.81. The molecule has 0 spiro atoms. The van der Waals surface area contributed by atoms with Gasteiger partial charge in [0.05, 0.1) is 0 Å². The molecule has 0 saturated carbocycles. The van der Waals surface area contributed by atoms with Crippen LogP contribution in [0.1, 0.15) is 26.2 Å². The molecule has 0 unspecified atom stereocenters. The van der Waals surface area contributed by atoms with Gasteiger partial charge in [0, 0.05) is 12.3 Å². The van der Waals surface area contributed by atoms with Gasteiger partial charge in [-0.3, -0.25) is 4.99 Å². The fraction of sp³-hybridized carbons (Fsp3) is 0.875. The number of nitrogens with one attached hydrogen (secondary N) is 1. The zero-order chi connectivity index (χ0) is 7.23. The van der Waals surface area contributed by atoms with E-state index in [2.05, 4.69) is 17.2 Å². The first-order valence-electron chi connectivity index (χ1n) is 4.10. The lowest BCUT2D eigenvalue weighted by atomic mass is 10.2.